The molecule has 0 fully saturated rings. The maximum Gasteiger partial charge on any atom is 0.267 e. The number of hydrogen-bond donors (Lipinski definition) is 1. The van der Waals surface area contributed by atoms with Crippen LogP contribution < -0.4 is 25.1 Å². The number of nitrogens with zero attached hydrogens (tertiary/aromatic N) is 2. The van der Waals surface area contributed by atoms with Gasteiger partial charge in [-0.05, 0) is 36.4 Å². The first-order chi connectivity index (χ1) is 14.0. The Morgan fingerprint density at radius 3 is 2.38 bits per heavy atom. The predicted octanol–water partition coefficient (Wildman–Crippen LogP) is 2.57. The minimum absolute atomic E-state index is 0.238. The van der Waals surface area contributed by atoms with Crippen molar-refractivity contribution in [2.24, 2.45) is 0 Å². The van der Waals surface area contributed by atoms with Gasteiger partial charge in [0.2, 0.25) is 5.91 Å². The molecular weight excluding hydrogens is 374 g/mol. The number of amides is 1. The molecule has 0 saturated carbocycles. The molecule has 0 unspecified atom stereocenters. The average molecular weight is 395 g/mol. The van der Waals surface area contributed by atoms with Crippen LogP contribution in [0.1, 0.15) is 0 Å². The summed E-state index contributed by atoms with van der Waals surface area (Å²) in [5.41, 5.74) is 1.38. The predicted molar refractivity (Wildman–Crippen MR) is 109 cm³/mol. The fourth-order valence-electron chi connectivity index (χ4n) is 2.79. The molecule has 2 aromatic carbocycles. The third-order valence-electron chi connectivity index (χ3n) is 4.22. The van der Waals surface area contributed by atoms with Crippen molar-refractivity contribution in [2.75, 3.05) is 26.6 Å². The van der Waals surface area contributed by atoms with Gasteiger partial charge in [0.05, 0.1) is 32.7 Å². The van der Waals surface area contributed by atoms with Gasteiger partial charge in [0.1, 0.15) is 12.3 Å². The molecule has 0 atom stereocenters. The molecule has 8 heteroatoms. The van der Waals surface area contributed by atoms with E-state index in [1.165, 1.54) is 20.3 Å². The summed E-state index contributed by atoms with van der Waals surface area (Å²) in [7, 11) is 4.61. The highest BCUT2D eigenvalue weighted by Crippen LogP contribution is 2.31. The Morgan fingerprint density at radius 2 is 1.66 bits per heavy atom. The quantitative estimate of drug-likeness (QED) is 0.661. The van der Waals surface area contributed by atoms with E-state index >= 15 is 0 Å². The Hall–Kier alpha value is -3.81. The van der Waals surface area contributed by atoms with E-state index in [-0.39, 0.29) is 12.1 Å². The van der Waals surface area contributed by atoms with E-state index < -0.39 is 5.91 Å². The maximum absolute atomic E-state index is 12.4. The molecule has 29 heavy (non-hydrogen) atoms. The highest BCUT2D eigenvalue weighted by atomic mass is 16.5. The topological polar surface area (TPSA) is 91.7 Å². The molecule has 0 aliphatic heterocycles. The summed E-state index contributed by atoms with van der Waals surface area (Å²) >= 11 is 0. The van der Waals surface area contributed by atoms with E-state index in [1.54, 1.807) is 55.6 Å². The zero-order valence-corrected chi connectivity index (χ0v) is 16.3. The number of nitrogens with one attached hydrogen (secondary N) is 1. The van der Waals surface area contributed by atoms with Crippen LogP contribution in [0.2, 0.25) is 0 Å². The highest BCUT2D eigenvalue weighted by molar-refractivity contribution is 5.92. The first-order valence-corrected chi connectivity index (χ1v) is 8.79. The minimum Gasteiger partial charge on any atom is -0.495 e. The zero-order valence-electron chi connectivity index (χ0n) is 16.3. The van der Waals surface area contributed by atoms with E-state index in [0.717, 1.165) is 10.2 Å². The first kappa shape index (κ1) is 19.9. The lowest BCUT2D eigenvalue weighted by Crippen LogP contribution is -2.29. The van der Waals surface area contributed by atoms with Crippen molar-refractivity contribution in [2.45, 2.75) is 6.54 Å². The average Bonchev–Trinajstić information content (AvgIpc) is 2.75. The smallest absolute Gasteiger partial charge is 0.267 e. The molecule has 0 aliphatic rings. The largest absolute Gasteiger partial charge is 0.495 e. The number of carbonyl (C=O) groups is 1. The summed E-state index contributed by atoms with van der Waals surface area (Å²) in [6, 6.07) is 15.3. The molecular formula is C21H21N3O5. The molecule has 3 rings (SSSR count). The Kier molecular flexibility index (Phi) is 6.13. The van der Waals surface area contributed by atoms with Crippen LogP contribution in [0.15, 0.2) is 59.4 Å². The summed E-state index contributed by atoms with van der Waals surface area (Å²) in [4.78, 5) is 24.6. The number of methoxy groups -OCH3 is 3. The van der Waals surface area contributed by atoms with Crippen LogP contribution in [0, 0.1) is 0 Å². The van der Waals surface area contributed by atoms with Gasteiger partial charge in [-0.3, -0.25) is 9.59 Å². The van der Waals surface area contributed by atoms with E-state index in [1.807, 2.05) is 0 Å². The molecule has 1 heterocycles. The molecule has 3 aromatic rings. The summed E-state index contributed by atoms with van der Waals surface area (Å²) in [5, 5.41) is 7.04. The SMILES string of the molecule is COc1ccccc1NC(=O)Cn1nc(-c2ccc(OC)c(OC)c2)ccc1=O. The molecule has 0 radical (unpaired) electrons. The van der Waals surface area contributed by atoms with Crippen molar-refractivity contribution in [1.29, 1.82) is 0 Å². The van der Waals surface area contributed by atoms with Gasteiger partial charge in [-0.2, -0.15) is 5.10 Å². The lowest BCUT2D eigenvalue weighted by atomic mass is 10.1. The number of carbonyl (C=O) groups excluding carboxylic acids is 1. The van der Waals surface area contributed by atoms with Crippen molar-refractivity contribution in [3.05, 3.63) is 65.0 Å². The van der Waals surface area contributed by atoms with Gasteiger partial charge in [-0.25, -0.2) is 4.68 Å². The Balaban J connectivity index is 1.84. The van der Waals surface area contributed by atoms with E-state index in [0.29, 0.717) is 28.6 Å². The number of ether oxygens (including phenoxy) is 3. The molecule has 8 nitrogen and oxygen atoms in total. The zero-order chi connectivity index (χ0) is 20.8. The maximum atomic E-state index is 12.4. The normalized spacial score (nSPS) is 10.3. The van der Waals surface area contributed by atoms with Crippen LogP contribution in [-0.2, 0) is 11.3 Å². The molecule has 0 aliphatic carbocycles. The summed E-state index contributed by atoms with van der Waals surface area (Å²) in [6.45, 7) is -0.238. The van der Waals surface area contributed by atoms with E-state index in [9.17, 15) is 9.59 Å². The fourth-order valence-corrected chi connectivity index (χ4v) is 2.79. The standard InChI is InChI=1S/C21H21N3O5/c1-27-17-7-5-4-6-16(17)22-20(25)13-24-21(26)11-9-15(23-24)14-8-10-18(28-2)19(12-14)29-3/h4-12H,13H2,1-3H3,(H,22,25). The molecule has 0 spiro atoms. The van der Waals surface area contributed by atoms with Gasteiger partial charge in [-0.1, -0.05) is 12.1 Å². The molecule has 150 valence electrons. The lowest BCUT2D eigenvalue weighted by Gasteiger charge is -2.12. The van der Waals surface area contributed by atoms with Crippen LogP contribution in [0.25, 0.3) is 11.3 Å². The Labute approximate surface area is 167 Å². The van der Waals surface area contributed by atoms with Crippen LogP contribution in [-0.4, -0.2) is 37.0 Å². The van der Waals surface area contributed by atoms with Crippen molar-refractivity contribution >= 4 is 11.6 Å². The molecule has 1 N–H and O–H groups in total. The van der Waals surface area contributed by atoms with Crippen LogP contribution in [0.3, 0.4) is 0 Å². The fraction of sp³-hybridized carbons (Fsp3) is 0.190. The highest BCUT2D eigenvalue weighted by Gasteiger charge is 2.12. The van der Waals surface area contributed by atoms with Crippen molar-refractivity contribution in [3.63, 3.8) is 0 Å². The Morgan fingerprint density at radius 1 is 0.931 bits per heavy atom. The third kappa shape index (κ3) is 4.55. The summed E-state index contributed by atoms with van der Waals surface area (Å²) in [5.74, 6) is 1.26. The summed E-state index contributed by atoms with van der Waals surface area (Å²) in [6.07, 6.45) is 0. The lowest BCUT2D eigenvalue weighted by molar-refractivity contribution is -0.117. The number of hydrogen-bond acceptors (Lipinski definition) is 6. The second kappa shape index (κ2) is 8.92. The van der Waals surface area contributed by atoms with Crippen LogP contribution in [0.5, 0.6) is 17.2 Å². The second-order valence-electron chi connectivity index (χ2n) is 6.03. The van der Waals surface area contributed by atoms with Gasteiger partial charge in [0.25, 0.3) is 5.56 Å². The van der Waals surface area contributed by atoms with Crippen molar-refractivity contribution in [1.82, 2.24) is 9.78 Å². The molecule has 0 saturated heterocycles. The van der Waals surface area contributed by atoms with Gasteiger partial charge in [-0.15, -0.1) is 0 Å². The first-order valence-electron chi connectivity index (χ1n) is 8.79. The van der Waals surface area contributed by atoms with Gasteiger partial charge in [0.15, 0.2) is 11.5 Å². The second-order valence-corrected chi connectivity index (χ2v) is 6.03. The van der Waals surface area contributed by atoms with Crippen LogP contribution in [0.4, 0.5) is 5.69 Å². The number of rotatable bonds is 7. The number of anilines is 1. The monoisotopic (exact) mass is 395 g/mol. The number of benzene rings is 2. The molecule has 0 bridgehead atoms. The third-order valence-corrected chi connectivity index (χ3v) is 4.22. The van der Waals surface area contributed by atoms with E-state index in [2.05, 4.69) is 10.4 Å². The summed E-state index contributed by atoms with van der Waals surface area (Å²) < 4.78 is 16.9. The minimum atomic E-state index is -0.395. The van der Waals surface area contributed by atoms with E-state index in [4.69, 9.17) is 14.2 Å². The van der Waals surface area contributed by atoms with Crippen LogP contribution >= 0.6 is 0 Å². The number of para-hydroxylation sites is 2. The number of aromatic nitrogens is 2. The van der Waals surface area contributed by atoms with Gasteiger partial charge >= 0.3 is 0 Å². The van der Waals surface area contributed by atoms with Crippen molar-refractivity contribution in [3.8, 4) is 28.5 Å². The van der Waals surface area contributed by atoms with Gasteiger partial charge < -0.3 is 19.5 Å². The Bertz CT molecular complexity index is 1080. The molecule has 1 amide bonds. The van der Waals surface area contributed by atoms with Gasteiger partial charge in [0, 0.05) is 11.6 Å². The van der Waals surface area contributed by atoms with Crippen molar-refractivity contribution < 1.29 is 19.0 Å². The molecule has 1 aromatic heterocycles.